The maximum Gasteiger partial charge on any atom is 0.102 e. The second-order valence-corrected chi connectivity index (χ2v) is 18.0. The van der Waals surface area contributed by atoms with Crippen LogP contribution in [-0.2, 0) is 0 Å². The highest BCUT2D eigenvalue weighted by Gasteiger charge is 2.53. The first-order valence-electron chi connectivity index (χ1n) is 13.3. The molecule has 0 amide bonds. The first kappa shape index (κ1) is 23.4. The van der Waals surface area contributed by atoms with Gasteiger partial charge in [-0.25, -0.2) is 0 Å². The molecule has 178 valence electrons. The van der Waals surface area contributed by atoms with Crippen molar-refractivity contribution in [1.82, 2.24) is 0 Å². The van der Waals surface area contributed by atoms with E-state index in [1.165, 1.54) is 36.5 Å². The minimum absolute atomic E-state index is 0.372. The van der Waals surface area contributed by atoms with Crippen LogP contribution >= 0.6 is 15.2 Å². The van der Waals surface area contributed by atoms with Crippen molar-refractivity contribution in [1.29, 1.82) is 0 Å². The maximum absolute atomic E-state index is 2.70. The Morgan fingerprint density at radius 3 is 1.57 bits per heavy atom. The molecule has 4 atom stereocenters. The van der Waals surface area contributed by atoms with Gasteiger partial charge in [0, 0.05) is 16.6 Å². The maximum atomic E-state index is 2.70. The number of hydrogen-bond acceptors (Lipinski definition) is 0. The smallest absolute Gasteiger partial charge is 0.0622 e. The Morgan fingerprint density at radius 2 is 1.06 bits per heavy atom. The molecule has 0 N–H and O–H groups in total. The lowest BCUT2D eigenvalue weighted by Gasteiger charge is -2.34. The summed E-state index contributed by atoms with van der Waals surface area (Å²) in [4.78, 5) is 0. The van der Waals surface area contributed by atoms with E-state index in [1.807, 2.05) is 0 Å². The van der Waals surface area contributed by atoms with Gasteiger partial charge in [0.1, 0.15) is 5.30 Å². The van der Waals surface area contributed by atoms with Gasteiger partial charge >= 0.3 is 0 Å². The van der Waals surface area contributed by atoms with Crippen molar-refractivity contribution in [3.63, 3.8) is 0 Å². The SMILES string of the molecule is C[C@@H]1CC[C@@H](C)[P+]1(C)c1cc2ccccc2cc1P1[C@H](c2ccccc2)CC[C@H]1c1ccccc1. The third-order valence-corrected chi connectivity index (χ3v) is 18.4. The molecule has 0 nitrogen and oxygen atoms in total. The van der Waals surface area contributed by atoms with E-state index in [0.29, 0.717) is 11.3 Å². The van der Waals surface area contributed by atoms with Crippen LogP contribution < -0.4 is 10.6 Å². The van der Waals surface area contributed by atoms with E-state index >= 15 is 0 Å². The zero-order chi connectivity index (χ0) is 24.0. The molecule has 0 saturated carbocycles. The van der Waals surface area contributed by atoms with Crippen molar-refractivity contribution >= 4 is 36.6 Å². The average Bonchev–Trinajstić information content (AvgIpc) is 3.46. The Labute approximate surface area is 213 Å². The molecule has 2 fully saturated rings. The summed E-state index contributed by atoms with van der Waals surface area (Å²) >= 11 is 0. The first-order valence-corrected chi connectivity index (χ1v) is 17.2. The predicted molar refractivity (Wildman–Crippen MR) is 159 cm³/mol. The van der Waals surface area contributed by atoms with Crippen molar-refractivity contribution in [2.75, 3.05) is 6.66 Å². The summed E-state index contributed by atoms with van der Waals surface area (Å²) in [7, 11) is -1.64. The molecular weight excluding hydrogens is 458 g/mol. The van der Waals surface area contributed by atoms with Crippen molar-refractivity contribution in [2.45, 2.75) is 62.2 Å². The van der Waals surface area contributed by atoms with Gasteiger partial charge in [0.15, 0.2) is 0 Å². The Balaban J connectivity index is 1.60. The highest BCUT2D eigenvalue weighted by atomic mass is 31.2. The van der Waals surface area contributed by atoms with Crippen LogP contribution in [0, 0.1) is 0 Å². The Bertz CT molecular complexity index is 1260. The molecule has 2 aliphatic rings. The molecule has 6 rings (SSSR count). The lowest BCUT2D eigenvalue weighted by Crippen LogP contribution is -2.33. The highest BCUT2D eigenvalue weighted by molar-refractivity contribution is 7.85. The Morgan fingerprint density at radius 1 is 0.600 bits per heavy atom. The lowest BCUT2D eigenvalue weighted by atomic mass is 10.0. The van der Waals surface area contributed by atoms with Gasteiger partial charge in [-0.1, -0.05) is 92.9 Å². The van der Waals surface area contributed by atoms with Crippen LogP contribution in [-0.4, -0.2) is 18.0 Å². The molecule has 4 aromatic carbocycles. The highest BCUT2D eigenvalue weighted by Crippen LogP contribution is 2.73. The Kier molecular flexibility index (Phi) is 6.33. The molecule has 0 aliphatic carbocycles. The van der Waals surface area contributed by atoms with Crippen LogP contribution in [0.25, 0.3) is 10.8 Å². The lowest BCUT2D eigenvalue weighted by molar-refractivity contribution is 0.765. The molecule has 0 radical (unpaired) electrons. The van der Waals surface area contributed by atoms with Gasteiger partial charge in [-0.3, -0.25) is 0 Å². The minimum Gasteiger partial charge on any atom is -0.0622 e. The van der Waals surface area contributed by atoms with Gasteiger partial charge in [0.25, 0.3) is 0 Å². The molecule has 0 bridgehead atoms. The standard InChI is InChI=1S/C33H37P2/c1-24-18-19-25(2)35(24,3)33-23-29-17-11-10-16-28(29)22-32(33)34-30(26-12-6-4-7-13-26)20-21-31(34)27-14-8-5-9-15-27/h4-17,22-25,30-31H,18-21H2,1-3H3/q+1/t24-,25-,30+,31+/m1/s1. The summed E-state index contributed by atoms with van der Waals surface area (Å²) in [6.07, 6.45) is 5.36. The number of hydrogen-bond donors (Lipinski definition) is 0. The monoisotopic (exact) mass is 495 g/mol. The molecule has 35 heavy (non-hydrogen) atoms. The normalized spacial score (nSPS) is 26.4. The third kappa shape index (κ3) is 3.99. The average molecular weight is 496 g/mol. The summed E-state index contributed by atoms with van der Waals surface area (Å²) in [5, 5.41) is 6.35. The van der Waals surface area contributed by atoms with Gasteiger partial charge in [-0.15, -0.1) is 0 Å². The van der Waals surface area contributed by atoms with Crippen LogP contribution in [0.15, 0.2) is 97.1 Å². The number of rotatable bonds is 4. The topological polar surface area (TPSA) is 0 Å². The second-order valence-electron chi connectivity index (χ2n) is 10.9. The minimum atomic E-state index is -1.27. The van der Waals surface area contributed by atoms with E-state index in [0.717, 1.165) is 11.3 Å². The van der Waals surface area contributed by atoms with E-state index < -0.39 is 7.26 Å². The molecule has 4 aromatic rings. The van der Waals surface area contributed by atoms with Gasteiger partial charge in [0.05, 0.1) is 25.2 Å². The fourth-order valence-electron chi connectivity index (χ4n) is 6.89. The molecule has 2 aliphatic heterocycles. The summed E-state index contributed by atoms with van der Waals surface area (Å²) in [6, 6.07) is 37.3. The van der Waals surface area contributed by atoms with Crippen LogP contribution in [0.5, 0.6) is 0 Å². The van der Waals surface area contributed by atoms with Crippen molar-refractivity contribution in [3.05, 3.63) is 108 Å². The summed E-state index contributed by atoms with van der Waals surface area (Å²) in [5.74, 6) is 0. The number of fused-ring (bicyclic) bond motifs is 1. The number of benzene rings is 4. The van der Waals surface area contributed by atoms with Gasteiger partial charge in [0.2, 0.25) is 0 Å². The fourth-order valence-corrected chi connectivity index (χ4v) is 15.6. The van der Waals surface area contributed by atoms with Crippen LogP contribution in [0.2, 0.25) is 0 Å². The molecular formula is C33H37P2+. The van der Waals surface area contributed by atoms with E-state index in [1.54, 1.807) is 21.7 Å². The van der Waals surface area contributed by atoms with Crippen molar-refractivity contribution in [2.24, 2.45) is 0 Å². The van der Waals surface area contributed by atoms with E-state index in [4.69, 9.17) is 0 Å². The second kappa shape index (κ2) is 9.47. The van der Waals surface area contributed by atoms with Crippen LogP contribution in [0.1, 0.15) is 62.0 Å². The van der Waals surface area contributed by atoms with Gasteiger partial charge in [-0.2, -0.15) is 0 Å². The quantitative estimate of drug-likeness (QED) is 0.248. The zero-order valence-electron chi connectivity index (χ0n) is 21.3. The molecule has 0 spiro atoms. The zero-order valence-corrected chi connectivity index (χ0v) is 23.1. The fraction of sp³-hybridized carbons (Fsp3) is 0.333. The van der Waals surface area contributed by atoms with Crippen molar-refractivity contribution in [3.8, 4) is 0 Å². The first-order chi connectivity index (χ1) is 17.1. The molecule has 2 heteroatoms. The molecule has 2 saturated heterocycles. The molecule has 2 heterocycles. The third-order valence-electron chi connectivity index (χ3n) is 9.23. The van der Waals surface area contributed by atoms with Crippen LogP contribution in [0.3, 0.4) is 0 Å². The van der Waals surface area contributed by atoms with Crippen LogP contribution in [0.4, 0.5) is 0 Å². The van der Waals surface area contributed by atoms with E-state index in [9.17, 15) is 0 Å². The Hall–Kier alpha value is -2.00. The predicted octanol–water partition coefficient (Wildman–Crippen LogP) is 9.07. The van der Waals surface area contributed by atoms with E-state index in [-0.39, 0.29) is 7.92 Å². The summed E-state index contributed by atoms with van der Waals surface area (Å²) in [6.45, 7) is 7.81. The van der Waals surface area contributed by atoms with Gasteiger partial charge < -0.3 is 0 Å². The summed E-state index contributed by atoms with van der Waals surface area (Å²) < 4.78 is 0. The van der Waals surface area contributed by atoms with Crippen molar-refractivity contribution < 1.29 is 0 Å². The largest absolute Gasteiger partial charge is 0.102 e. The summed E-state index contributed by atoms with van der Waals surface area (Å²) in [5.41, 5.74) is 6.01. The van der Waals surface area contributed by atoms with Gasteiger partial charge in [-0.05, 0) is 73.6 Å². The molecule has 0 aromatic heterocycles. The molecule has 0 unspecified atom stereocenters. The van der Waals surface area contributed by atoms with E-state index in [2.05, 4.69) is 118 Å².